The number of benzene rings is 2. The molecule has 31 heavy (non-hydrogen) atoms. The van der Waals surface area contributed by atoms with Crippen molar-refractivity contribution in [1.29, 1.82) is 0 Å². The monoisotopic (exact) mass is 526 g/mol. The topological polar surface area (TPSA) is 74.8 Å². The van der Waals surface area contributed by atoms with E-state index in [1.54, 1.807) is 25.3 Å². The zero-order valence-electron chi connectivity index (χ0n) is 17.6. The number of hydrogen-bond donors (Lipinski definition) is 1. The fourth-order valence-corrected chi connectivity index (χ4v) is 5.29. The van der Waals surface area contributed by atoms with Crippen molar-refractivity contribution < 1.29 is 13.2 Å². The highest BCUT2D eigenvalue weighted by Gasteiger charge is 2.19. The Morgan fingerprint density at radius 1 is 1.13 bits per heavy atom. The number of sulfone groups is 1. The molecule has 0 atom stereocenters. The van der Waals surface area contributed by atoms with Gasteiger partial charge in [-0.2, -0.15) is 0 Å². The van der Waals surface area contributed by atoms with Gasteiger partial charge in [0, 0.05) is 45.5 Å². The number of para-hydroxylation sites is 2. The fourth-order valence-electron chi connectivity index (χ4n) is 3.64. The van der Waals surface area contributed by atoms with E-state index in [2.05, 4.69) is 26.2 Å². The minimum Gasteiger partial charge on any atom is -0.495 e. The molecule has 4 rings (SSSR count). The average Bonchev–Trinajstić information content (AvgIpc) is 3.15. The first-order chi connectivity index (χ1) is 14.4. The zero-order chi connectivity index (χ0) is 21.1. The van der Waals surface area contributed by atoms with Gasteiger partial charge in [0.15, 0.2) is 15.0 Å². The molecule has 1 aromatic heterocycles. The predicted molar refractivity (Wildman–Crippen MR) is 133 cm³/mol. The lowest BCUT2D eigenvalue weighted by Gasteiger charge is -2.36. The van der Waals surface area contributed by atoms with Crippen LogP contribution in [0.1, 0.15) is 0 Å². The first-order valence-corrected chi connectivity index (χ1v) is 12.6. The number of nitrogens with one attached hydrogen (secondary N) is 1. The summed E-state index contributed by atoms with van der Waals surface area (Å²) in [6.45, 7) is 5.66. The van der Waals surface area contributed by atoms with Crippen LogP contribution in [0.5, 0.6) is 5.75 Å². The number of anilines is 2. The van der Waals surface area contributed by atoms with Gasteiger partial charge in [-0.15, -0.1) is 17.0 Å². The molecule has 0 unspecified atom stereocenters. The Morgan fingerprint density at radius 3 is 2.58 bits per heavy atom. The zero-order valence-corrected chi connectivity index (χ0v) is 20.9. The first-order valence-electron chi connectivity index (χ1n) is 9.89. The van der Waals surface area contributed by atoms with Crippen LogP contribution in [-0.2, 0) is 9.84 Å². The number of ether oxygens (including phenoxy) is 1. The van der Waals surface area contributed by atoms with E-state index in [9.17, 15) is 8.42 Å². The number of piperazine rings is 1. The van der Waals surface area contributed by atoms with Crippen LogP contribution in [0.4, 0.5) is 10.8 Å². The minimum absolute atomic E-state index is 0. The van der Waals surface area contributed by atoms with E-state index in [-0.39, 0.29) is 17.0 Å². The van der Waals surface area contributed by atoms with Crippen LogP contribution in [0.15, 0.2) is 47.4 Å². The van der Waals surface area contributed by atoms with E-state index in [0.29, 0.717) is 4.90 Å². The Kier molecular flexibility index (Phi) is 7.79. The van der Waals surface area contributed by atoms with Gasteiger partial charge < -0.3 is 15.0 Å². The first kappa shape index (κ1) is 23.8. The molecule has 0 bridgehead atoms. The van der Waals surface area contributed by atoms with E-state index in [1.807, 2.05) is 18.2 Å². The van der Waals surface area contributed by atoms with Gasteiger partial charge in [0.2, 0.25) is 0 Å². The standard InChI is InChI=1S/C21H26N4O3S2.BrH/c1-28-19-6-4-3-5-18(19)25-13-11-24(12-14-25)10-9-22-21-23-17-8-7-16(30(2,26)27)15-20(17)29-21;/h3-8,15H,9-14H2,1-2H3,(H,22,23);1H. The molecule has 0 amide bonds. The Bertz CT molecular complexity index is 1130. The van der Waals surface area contributed by atoms with Crippen molar-refractivity contribution in [2.45, 2.75) is 4.90 Å². The number of methoxy groups -OCH3 is 1. The summed E-state index contributed by atoms with van der Waals surface area (Å²) in [5, 5.41) is 4.21. The van der Waals surface area contributed by atoms with Gasteiger partial charge in [0.1, 0.15) is 5.75 Å². The highest BCUT2D eigenvalue weighted by Crippen LogP contribution is 2.29. The highest BCUT2D eigenvalue weighted by atomic mass is 79.9. The Hall–Kier alpha value is -1.88. The molecule has 7 nitrogen and oxygen atoms in total. The van der Waals surface area contributed by atoms with Crippen molar-refractivity contribution in [2.75, 3.05) is 62.9 Å². The number of aromatic nitrogens is 1. The highest BCUT2D eigenvalue weighted by molar-refractivity contribution is 8.93. The second-order valence-electron chi connectivity index (χ2n) is 7.35. The number of nitrogens with zero attached hydrogens (tertiary/aromatic N) is 3. The van der Waals surface area contributed by atoms with Crippen molar-refractivity contribution in [3.05, 3.63) is 42.5 Å². The maximum Gasteiger partial charge on any atom is 0.183 e. The van der Waals surface area contributed by atoms with Crippen molar-refractivity contribution >= 4 is 59.2 Å². The van der Waals surface area contributed by atoms with Gasteiger partial charge >= 0.3 is 0 Å². The SMILES string of the molecule is Br.COc1ccccc1N1CCN(CCNc2nc3ccc(S(C)(=O)=O)cc3s2)CC1. The number of fused-ring (bicyclic) bond motifs is 1. The van der Waals surface area contributed by atoms with Gasteiger partial charge in [-0.1, -0.05) is 23.5 Å². The van der Waals surface area contributed by atoms with Crippen molar-refractivity contribution in [3.8, 4) is 5.75 Å². The van der Waals surface area contributed by atoms with Crippen molar-refractivity contribution in [2.24, 2.45) is 0 Å². The van der Waals surface area contributed by atoms with Crippen molar-refractivity contribution in [3.63, 3.8) is 0 Å². The van der Waals surface area contributed by atoms with E-state index in [0.717, 1.165) is 66.1 Å². The molecule has 0 spiro atoms. The fraction of sp³-hybridized carbons (Fsp3) is 0.381. The third kappa shape index (κ3) is 5.68. The van der Waals surface area contributed by atoms with Gasteiger partial charge in [-0.25, -0.2) is 13.4 Å². The summed E-state index contributed by atoms with van der Waals surface area (Å²) in [6.07, 6.45) is 1.22. The van der Waals surface area contributed by atoms with E-state index >= 15 is 0 Å². The lowest BCUT2D eigenvalue weighted by Crippen LogP contribution is -2.47. The molecule has 1 aliphatic heterocycles. The quantitative estimate of drug-likeness (QED) is 0.504. The summed E-state index contributed by atoms with van der Waals surface area (Å²) < 4.78 is 29.8. The van der Waals surface area contributed by atoms with Gasteiger partial charge in [0.05, 0.1) is 27.9 Å². The Labute approximate surface area is 197 Å². The van der Waals surface area contributed by atoms with Crippen LogP contribution in [0.25, 0.3) is 10.2 Å². The lowest BCUT2D eigenvalue weighted by atomic mass is 10.2. The maximum absolute atomic E-state index is 11.7. The molecule has 1 N–H and O–H groups in total. The minimum atomic E-state index is -3.21. The number of thiazole rings is 1. The van der Waals surface area contributed by atoms with Crippen LogP contribution < -0.4 is 15.0 Å². The van der Waals surface area contributed by atoms with Crippen LogP contribution >= 0.6 is 28.3 Å². The third-order valence-electron chi connectivity index (χ3n) is 5.29. The summed E-state index contributed by atoms with van der Waals surface area (Å²) in [5.74, 6) is 0.919. The second kappa shape index (κ2) is 10.2. The van der Waals surface area contributed by atoms with Crippen LogP contribution in [0.3, 0.4) is 0 Å². The molecule has 0 saturated carbocycles. The summed E-state index contributed by atoms with van der Waals surface area (Å²) in [5.41, 5.74) is 1.97. The van der Waals surface area contributed by atoms with Gasteiger partial charge in [-0.3, -0.25) is 4.90 Å². The Morgan fingerprint density at radius 2 is 1.87 bits per heavy atom. The molecule has 3 aromatic rings. The van der Waals surface area contributed by atoms with Crippen LogP contribution in [0, 0.1) is 0 Å². The van der Waals surface area contributed by atoms with Crippen molar-refractivity contribution in [1.82, 2.24) is 9.88 Å². The number of halogens is 1. The molecule has 10 heteroatoms. The molecule has 1 aliphatic rings. The van der Waals surface area contributed by atoms with Gasteiger partial charge in [-0.05, 0) is 30.3 Å². The molecule has 0 radical (unpaired) electrons. The van der Waals surface area contributed by atoms with E-state index < -0.39 is 9.84 Å². The lowest BCUT2D eigenvalue weighted by molar-refractivity contribution is 0.266. The van der Waals surface area contributed by atoms with Gasteiger partial charge in [0.25, 0.3) is 0 Å². The summed E-state index contributed by atoms with van der Waals surface area (Å²) in [4.78, 5) is 9.70. The molecular formula is C21H27BrN4O3S2. The molecule has 168 valence electrons. The average molecular weight is 528 g/mol. The summed E-state index contributed by atoms with van der Waals surface area (Å²) in [6, 6.07) is 13.2. The van der Waals surface area contributed by atoms with E-state index in [1.165, 1.54) is 17.6 Å². The molecule has 1 saturated heterocycles. The molecule has 2 aromatic carbocycles. The predicted octanol–water partition coefficient (Wildman–Crippen LogP) is 3.52. The van der Waals surface area contributed by atoms with Crippen LogP contribution in [-0.4, -0.2) is 70.9 Å². The summed E-state index contributed by atoms with van der Waals surface area (Å²) in [7, 11) is -1.49. The molecular weight excluding hydrogens is 500 g/mol. The van der Waals surface area contributed by atoms with E-state index in [4.69, 9.17) is 4.74 Å². The largest absolute Gasteiger partial charge is 0.495 e. The molecule has 0 aliphatic carbocycles. The normalized spacial score (nSPS) is 15.0. The summed E-state index contributed by atoms with van der Waals surface area (Å²) >= 11 is 1.49. The van der Waals surface area contributed by atoms with Crippen LogP contribution in [0.2, 0.25) is 0 Å². The number of hydrogen-bond acceptors (Lipinski definition) is 8. The molecule has 1 fully saturated rings. The smallest absolute Gasteiger partial charge is 0.183 e. The second-order valence-corrected chi connectivity index (χ2v) is 10.4. The third-order valence-corrected chi connectivity index (χ3v) is 7.38. The number of rotatable bonds is 7. The maximum atomic E-state index is 11.7. The molecule has 2 heterocycles. The Balaban J connectivity index is 0.00000272.